The molecule has 0 saturated heterocycles. The number of amides is 3. The summed E-state index contributed by atoms with van der Waals surface area (Å²) in [5.74, 6) is 0.144. The van der Waals surface area contributed by atoms with Crippen molar-refractivity contribution in [1.82, 2.24) is 5.32 Å². The molecule has 0 spiro atoms. The molecule has 3 N–H and O–H groups in total. The zero-order valence-electron chi connectivity index (χ0n) is 15.8. The third-order valence-corrected chi connectivity index (χ3v) is 5.11. The van der Waals surface area contributed by atoms with Crippen LogP contribution in [0.2, 0.25) is 0 Å². The topological polar surface area (TPSA) is 84.7 Å². The van der Waals surface area contributed by atoms with E-state index in [-0.39, 0.29) is 0 Å². The first kappa shape index (κ1) is 18.7. The molecular formula is C23H20N3O3. The first-order valence-electron chi connectivity index (χ1n) is 9.12. The van der Waals surface area contributed by atoms with Gasteiger partial charge in [-0.25, -0.2) is 9.69 Å². The Kier molecular flexibility index (Phi) is 4.78. The summed E-state index contributed by atoms with van der Waals surface area (Å²) >= 11 is 0. The fourth-order valence-corrected chi connectivity index (χ4v) is 3.83. The number of carbonyl (C=O) groups excluding carboxylic acids is 2. The average Bonchev–Trinajstić information content (AvgIpc) is 2.89. The van der Waals surface area contributed by atoms with Crippen LogP contribution in [-0.2, 0) is 10.3 Å². The number of nitrogens with one attached hydrogen (secondary N) is 1. The van der Waals surface area contributed by atoms with Crippen molar-refractivity contribution in [2.45, 2.75) is 5.54 Å². The van der Waals surface area contributed by atoms with Gasteiger partial charge in [0, 0.05) is 5.56 Å². The van der Waals surface area contributed by atoms with Crippen molar-refractivity contribution in [2.75, 3.05) is 12.0 Å². The number of nitrogens with zero attached hydrogens (tertiary/aromatic N) is 1. The Morgan fingerprint density at radius 3 is 2.38 bits per heavy atom. The van der Waals surface area contributed by atoms with E-state index in [4.69, 9.17) is 10.5 Å². The SMILES string of the molecule is COc1cccc(C2(c3ccccc3)N[CH]C(=O)N(C(N)=O)c3ccccc32)c1. The molecule has 4 rings (SSSR count). The van der Waals surface area contributed by atoms with Crippen LogP contribution in [0.4, 0.5) is 10.5 Å². The number of nitrogens with two attached hydrogens (primary N) is 1. The molecule has 3 amide bonds. The Hall–Kier alpha value is -3.64. The maximum atomic E-state index is 12.8. The van der Waals surface area contributed by atoms with Gasteiger partial charge in [0.1, 0.15) is 12.3 Å². The minimum absolute atomic E-state index is 0.429. The molecule has 1 unspecified atom stereocenters. The van der Waals surface area contributed by atoms with E-state index >= 15 is 0 Å². The molecule has 0 bridgehead atoms. The van der Waals surface area contributed by atoms with Gasteiger partial charge in [0.25, 0.3) is 5.91 Å². The van der Waals surface area contributed by atoms with Gasteiger partial charge in [-0.3, -0.25) is 10.1 Å². The van der Waals surface area contributed by atoms with Crippen molar-refractivity contribution in [2.24, 2.45) is 5.73 Å². The fraction of sp³-hybridized carbons (Fsp3) is 0.0870. The number of para-hydroxylation sites is 1. The van der Waals surface area contributed by atoms with Crippen LogP contribution in [0.3, 0.4) is 0 Å². The number of anilines is 1. The van der Waals surface area contributed by atoms with E-state index < -0.39 is 17.5 Å². The minimum atomic E-state index is -0.938. The third-order valence-electron chi connectivity index (χ3n) is 5.11. The fourth-order valence-electron chi connectivity index (χ4n) is 3.83. The number of benzene rings is 3. The summed E-state index contributed by atoms with van der Waals surface area (Å²) < 4.78 is 5.44. The van der Waals surface area contributed by atoms with E-state index in [9.17, 15) is 9.59 Å². The Balaban J connectivity index is 2.09. The number of primary amides is 1. The number of hydrogen-bond acceptors (Lipinski definition) is 4. The highest BCUT2D eigenvalue weighted by Crippen LogP contribution is 2.44. The molecule has 1 radical (unpaired) electrons. The second-order valence-electron chi connectivity index (χ2n) is 6.67. The van der Waals surface area contributed by atoms with Crippen LogP contribution in [0.15, 0.2) is 78.9 Å². The van der Waals surface area contributed by atoms with E-state index in [1.807, 2.05) is 66.7 Å². The first-order valence-corrected chi connectivity index (χ1v) is 9.12. The van der Waals surface area contributed by atoms with Crippen molar-refractivity contribution >= 4 is 17.6 Å². The number of ether oxygens (including phenoxy) is 1. The highest BCUT2D eigenvalue weighted by atomic mass is 16.5. The quantitative estimate of drug-likeness (QED) is 0.724. The molecule has 1 aliphatic heterocycles. The summed E-state index contributed by atoms with van der Waals surface area (Å²) in [7, 11) is 1.60. The largest absolute Gasteiger partial charge is 0.497 e. The molecule has 6 heteroatoms. The molecule has 1 atom stereocenters. The lowest BCUT2D eigenvalue weighted by atomic mass is 9.76. The molecule has 145 valence electrons. The smallest absolute Gasteiger partial charge is 0.326 e. The lowest BCUT2D eigenvalue weighted by Crippen LogP contribution is -2.44. The van der Waals surface area contributed by atoms with Gasteiger partial charge in [-0.1, -0.05) is 60.7 Å². The molecular weight excluding hydrogens is 366 g/mol. The second-order valence-corrected chi connectivity index (χ2v) is 6.67. The maximum absolute atomic E-state index is 12.8. The van der Waals surface area contributed by atoms with E-state index in [0.29, 0.717) is 11.4 Å². The molecule has 0 aliphatic carbocycles. The monoisotopic (exact) mass is 386 g/mol. The summed E-state index contributed by atoms with van der Waals surface area (Å²) in [6.45, 7) is 1.29. The van der Waals surface area contributed by atoms with Crippen molar-refractivity contribution in [3.05, 3.63) is 102 Å². The van der Waals surface area contributed by atoms with Crippen LogP contribution in [0, 0.1) is 6.54 Å². The van der Waals surface area contributed by atoms with E-state index in [1.54, 1.807) is 19.2 Å². The van der Waals surface area contributed by atoms with Crippen molar-refractivity contribution in [3.63, 3.8) is 0 Å². The third kappa shape index (κ3) is 3.03. The highest BCUT2D eigenvalue weighted by Gasteiger charge is 2.43. The molecule has 0 saturated carbocycles. The van der Waals surface area contributed by atoms with Crippen molar-refractivity contribution in [3.8, 4) is 5.75 Å². The van der Waals surface area contributed by atoms with E-state index in [1.165, 1.54) is 6.54 Å². The van der Waals surface area contributed by atoms with Crippen LogP contribution in [0.1, 0.15) is 16.7 Å². The summed E-state index contributed by atoms with van der Waals surface area (Å²) in [5.41, 5.74) is 7.52. The van der Waals surface area contributed by atoms with Crippen LogP contribution in [-0.4, -0.2) is 19.0 Å². The van der Waals surface area contributed by atoms with E-state index in [0.717, 1.165) is 21.6 Å². The molecule has 0 aromatic heterocycles. The van der Waals surface area contributed by atoms with Gasteiger partial charge in [0.05, 0.1) is 18.3 Å². The van der Waals surface area contributed by atoms with Gasteiger partial charge in [-0.2, -0.15) is 0 Å². The number of carbonyl (C=O) groups is 2. The first-order chi connectivity index (χ1) is 14.1. The van der Waals surface area contributed by atoms with Gasteiger partial charge in [-0.15, -0.1) is 0 Å². The molecule has 3 aromatic carbocycles. The molecule has 6 nitrogen and oxygen atoms in total. The average molecular weight is 386 g/mol. The molecule has 0 fully saturated rings. The van der Waals surface area contributed by atoms with Gasteiger partial charge in [-0.05, 0) is 29.3 Å². The van der Waals surface area contributed by atoms with Crippen LogP contribution < -0.4 is 20.7 Å². The highest BCUT2D eigenvalue weighted by molar-refractivity contribution is 6.17. The molecule has 1 aliphatic rings. The Labute approximate surface area is 168 Å². The summed E-state index contributed by atoms with van der Waals surface area (Å²) in [4.78, 5) is 25.9. The van der Waals surface area contributed by atoms with Crippen LogP contribution in [0.25, 0.3) is 0 Å². The predicted molar refractivity (Wildman–Crippen MR) is 110 cm³/mol. The number of imide groups is 1. The van der Waals surface area contributed by atoms with Gasteiger partial charge in [0.15, 0.2) is 0 Å². The van der Waals surface area contributed by atoms with Gasteiger partial charge in [0.2, 0.25) is 0 Å². The Morgan fingerprint density at radius 1 is 0.966 bits per heavy atom. The van der Waals surface area contributed by atoms with Crippen LogP contribution in [0.5, 0.6) is 5.75 Å². The Bertz CT molecular complexity index is 1070. The number of fused-ring (bicyclic) bond motifs is 1. The number of hydrogen-bond donors (Lipinski definition) is 2. The minimum Gasteiger partial charge on any atom is -0.497 e. The predicted octanol–water partition coefficient (Wildman–Crippen LogP) is 3.16. The molecule has 1 heterocycles. The maximum Gasteiger partial charge on any atom is 0.326 e. The van der Waals surface area contributed by atoms with Crippen molar-refractivity contribution in [1.29, 1.82) is 0 Å². The van der Waals surface area contributed by atoms with Crippen LogP contribution >= 0.6 is 0 Å². The number of methoxy groups -OCH3 is 1. The number of urea groups is 1. The normalized spacial score (nSPS) is 18.7. The van der Waals surface area contributed by atoms with Crippen molar-refractivity contribution < 1.29 is 14.3 Å². The number of rotatable bonds is 3. The van der Waals surface area contributed by atoms with Gasteiger partial charge >= 0.3 is 6.03 Å². The Morgan fingerprint density at radius 2 is 1.66 bits per heavy atom. The lowest BCUT2D eigenvalue weighted by Gasteiger charge is -2.36. The molecule has 3 aromatic rings. The zero-order valence-corrected chi connectivity index (χ0v) is 15.8. The second kappa shape index (κ2) is 7.41. The summed E-state index contributed by atoms with van der Waals surface area (Å²) in [6, 6.07) is 23.8. The zero-order chi connectivity index (χ0) is 20.4. The summed E-state index contributed by atoms with van der Waals surface area (Å²) in [6.07, 6.45) is 0. The lowest BCUT2D eigenvalue weighted by molar-refractivity contribution is -0.115. The van der Waals surface area contributed by atoms with E-state index in [2.05, 4.69) is 5.32 Å². The summed E-state index contributed by atoms with van der Waals surface area (Å²) in [5, 5.41) is 3.29. The van der Waals surface area contributed by atoms with Gasteiger partial charge < -0.3 is 10.5 Å². The standard InChI is InChI=1S/C23H20N3O3/c1-29-18-11-7-10-17(14-18)23(16-8-3-2-4-9-16)19-12-5-6-13-20(19)26(22(24)28)21(27)15-25-23/h2-15,25H,1H3,(H2,24,28). The molecule has 29 heavy (non-hydrogen) atoms.